The molecule has 4 fully saturated rings. The number of phenolic OH excluding ortho intramolecular Hbond substituents is 1. The van der Waals surface area contributed by atoms with Crippen LogP contribution in [0.1, 0.15) is 43.2 Å². The average Bonchev–Trinajstić information content (AvgIpc) is 3.06. The van der Waals surface area contributed by atoms with Crippen LogP contribution in [-0.2, 0) is 0 Å². The van der Waals surface area contributed by atoms with Gasteiger partial charge in [0.15, 0.2) is 5.96 Å². The molecule has 0 atom stereocenters. The second-order valence-electron chi connectivity index (χ2n) is 9.06. The minimum atomic E-state index is 0.206. The van der Waals surface area contributed by atoms with E-state index in [2.05, 4.69) is 22.8 Å². The normalized spacial score (nSPS) is 32.2. The van der Waals surface area contributed by atoms with Crippen molar-refractivity contribution < 1.29 is 5.11 Å². The quantitative estimate of drug-likeness (QED) is 0.302. The maximum absolute atomic E-state index is 10.6. The highest BCUT2D eigenvalue weighted by atomic mass is 16.3. The highest BCUT2D eigenvalue weighted by Gasteiger charge is 2.48. The number of anilines is 1. The fraction of sp³-hybridized carbons (Fsp3) is 0.435. The molecule has 4 saturated carbocycles. The van der Waals surface area contributed by atoms with E-state index in [9.17, 15) is 5.11 Å². The Labute approximate surface area is 159 Å². The molecule has 4 heteroatoms. The molecule has 0 aliphatic heterocycles. The largest absolute Gasteiger partial charge is 0.506 e. The van der Waals surface area contributed by atoms with Crippen LogP contribution in [0.3, 0.4) is 0 Å². The maximum atomic E-state index is 10.6. The summed E-state index contributed by atoms with van der Waals surface area (Å²) in [6, 6.07) is 8.35. The molecule has 0 spiro atoms. The Kier molecular flexibility index (Phi) is 3.17. The second kappa shape index (κ2) is 5.51. The van der Waals surface area contributed by atoms with Crippen molar-refractivity contribution in [3.05, 3.63) is 35.4 Å². The lowest BCUT2D eigenvalue weighted by Gasteiger charge is -2.54. The van der Waals surface area contributed by atoms with Gasteiger partial charge in [-0.3, -0.25) is 5.41 Å². The monoisotopic (exact) mass is 359 g/mol. The van der Waals surface area contributed by atoms with Crippen molar-refractivity contribution in [1.82, 2.24) is 5.32 Å². The van der Waals surface area contributed by atoms with Gasteiger partial charge in [0.25, 0.3) is 0 Å². The van der Waals surface area contributed by atoms with Crippen molar-refractivity contribution in [3.8, 4) is 5.75 Å². The lowest BCUT2D eigenvalue weighted by atomic mass is 9.54. The lowest BCUT2D eigenvalue weighted by Crippen LogP contribution is -2.56. The lowest BCUT2D eigenvalue weighted by molar-refractivity contribution is -0.00695. The summed E-state index contributed by atoms with van der Waals surface area (Å²) in [6.45, 7) is 0. The Morgan fingerprint density at radius 1 is 1.00 bits per heavy atom. The third-order valence-electron chi connectivity index (χ3n) is 7.43. The SMILES string of the molecule is N=C(Nc1c(O)cc2cccc3c2c1C=C3)NC1C2CC3CC(C2)CC1C3. The van der Waals surface area contributed by atoms with E-state index in [1.165, 1.54) is 37.7 Å². The van der Waals surface area contributed by atoms with Gasteiger partial charge in [-0.05, 0) is 78.2 Å². The molecular weight excluding hydrogens is 334 g/mol. The van der Waals surface area contributed by atoms with Crippen LogP contribution in [0.2, 0.25) is 0 Å². The van der Waals surface area contributed by atoms with E-state index in [4.69, 9.17) is 5.41 Å². The molecule has 138 valence electrons. The van der Waals surface area contributed by atoms with Crippen LogP contribution in [0.5, 0.6) is 5.75 Å². The first-order valence-electron chi connectivity index (χ1n) is 10.2. The summed E-state index contributed by atoms with van der Waals surface area (Å²) in [5, 5.41) is 28.0. The van der Waals surface area contributed by atoms with Gasteiger partial charge < -0.3 is 15.7 Å². The van der Waals surface area contributed by atoms with Crippen LogP contribution in [0.25, 0.3) is 22.9 Å². The van der Waals surface area contributed by atoms with Crippen molar-refractivity contribution in [3.63, 3.8) is 0 Å². The minimum Gasteiger partial charge on any atom is -0.506 e. The van der Waals surface area contributed by atoms with E-state index in [-0.39, 0.29) is 5.75 Å². The molecule has 4 N–H and O–H groups in total. The number of phenols is 1. The number of hydrogen-bond acceptors (Lipinski definition) is 2. The topological polar surface area (TPSA) is 68.1 Å². The third kappa shape index (κ3) is 2.32. The molecular formula is C23H25N3O. The summed E-state index contributed by atoms with van der Waals surface area (Å²) >= 11 is 0. The molecule has 2 aromatic rings. The van der Waals surface area contributed by atoms with Crippen molar-refractivity contribution in [2.75, 3.05) is 5.32 Å². The first-order valence-corrected chi connectivity index (χ1v) is 10.2. The van der Waals surface area contributed by atoms with Crippen molar-refractivity contribution >= 4 is 34.6 Å². The molecule has 7 rings (SSSR count). The zero-order valence-electron chi connectivity index (χ0n) is 15.3. The molecule has 0 unspecified atom stereocenters. The number of guanidine groups is 1. The fourth-order valence-corrected chi connectivity index (χ4v) is 6.60. The highest BCUT2D eigenvalue weighted by molar-refractivity contribution is 6.11. The summed E-state index contributed by atoms with van der Waals surface area (Å²) in [6.07, 6.45) is 10.9. The number of hydrogen-bond donors (Lipinski definition) is 4. The zero-order chi connectivity index (χ0) is 18.1. The van der Waals surface area contributed by atoms with E-state index in [1.807, 2.05) is 18.2 Å². The summed E-state index contributed by atoms with van der Waals surface area (Å²) < 4.78 is 0. The van der Waals surface area contributed by atoms with Gasteiger partial charge in [-0.25, -0.2) is 0 Å². The van der Waals surface area contributed by atoms with Crippen molar-refractivity contribution in [1.29, 1.82) is 5.41 Å². The summed E-state index contributed by atoms with van der Waals surface area (Å²) in [4.78, 5) is 0. The van der Waals surface area contributed by atoms with E-state index in [1.54, 1.807) is 6.07 Å². The fourth-order valence-electron chi connectivity index (χ4n) is 6.60. The van der Waals surface area contributed by atoms with E-state index >= 15 is 0 Å². The molecule has 27 heavy (non-hydrogen) atoms. The predicted molar refractivity (Wildman–Crippen MR) is 110 cm³/mol. The Hall–Kier alpha value is -2.49. The molecule has 0 amide bonds. The predicted octanol–water partition coefficient (Wildman–Crippen LogP) is 4.79. The Morgan fingerprint density at radius 2 is 1.74 bits per heavy atom. The zero-order valence-corrected chi connectivity index (χ0v) is 15.3. The Morgan fingerprint density at radius 3 is 2.48 bits per heavy atom. The molecule has 5 aliphatic carbocycles. The third-order valence-corrected chi connectivity index (χ3v) is 7.43. The van der Waals surface area contributed by atoms with Crippen LogP contribution in [0.4, 0.5) is 5.69 Å². The van der Waals surface area contributed by atoms with Crippen molar-refractivity contribution in [2.45, 2.75) is 38.1 Å². The molecule has 5 aliphatic rings. The first kappa shape index (κ1) is 15.6. The maximum Gasteiger partial charge on any atom is 0.193 e. The van der Waals surface area contributed by atoms with E-state index in [0.29, 0.717) is 17.7 Å². The van der Waals surface area contributed by atoms with E-state index < -0.39 is 0 Å². The highest BCUT2D eigenvalue weighted by Crippen LogP contribution is 2.53. The number of aromatic hydroxyl groups is 1. The molecule has 2 aromatic carbocycles. The van der Waals surface area contributed by atoms with E-state index in [0.717, 1.165) is 40.0 Å². The first-order chi connectivity index (χ1) is 13.2. The summed E-state index contributed by atoms with van der Waals surface area (Å²) in [5.41, 5.74) is 2.80. The molecule has 4 bridgehead atoms. The molecule has 4 nitrogen and oxygen atoms in total. The van der Waals surface area contributed by atoms with Gasteiger partial charge in [0.05, 0.1) is 5.69 Å². The molecule has 0 heterocycles. The van der Waals surface area contributed by atoms with Gasteiger partial charge in [0.1, 0.15) is 5.75 Å². The van der Waals surface area contributed by atoms with Crippen LogP contribution in [0, 0.1) is 29.1 Å². The summed E-state index contributed by atoms with van der Waals surface area (Å²) in [5.74, 6) is 3.82. The number of rotatable bonds is 2. The summed E-state index contributed by atoms with van der Waals surface area (Å²) in [7, 11) is 0. The van der Waals surface area contributed by atoms with Gasteiger partial charge in [-0.15, -0.1) is 0 Å². The van der Waals surface area contributed by atoms with Gasteiger partial charge in [0.2, 0.25) is 0 Å². The van der Waals surface area contributed by atoms with Crippen LogP contribution in [0.15, 0.2) is 24.3 Å². The Balaban J connectivity index is 1.27. The van der Waals surface area contributed by atoms with Gasteiger partial charge in [-0.2, -0.15) is 0 Å². The second-order valence-corrected chi connectivity index (χ2v) is 9.06. The molecule has 0 saturated heterocycles. The standard InChI is InChI=1S/C23H25N3O/c24-23(25-21-16-7-12-6-13(9-16)10-17(21)8-12)26-22-18-5-4-14-2-1-3-15(20(14)18)11-19(22)27/h1-5,11-13,16-17,21,27H,6-10H2,(H3,24,25,26). The smallest absolute Gasteiger partial charge is 0.193 e. The van der Waals surface area contributed by atoms with Crippen LogP contribution in [-0.4, -0.2) is 17.1 Å². The number of benzene rings is 2. The molecule has 0 radical (unpaired) electrons. The van der Waals surface area contributed by atoms with Gasteiger partial charge >= 0.3 is 0 Å². The molecule has 0 aromatic heterocycles. The minimum absolute atomic E-state index is 0.206. The van der Waals surface area contributed by atoms with Crippen molar-refractivity contribution in [2.24, 2.45) is 23.7 Å². The Bertz CT molecular complexity index is 965. The van der Waals surface area contributed by atoms with Crippen LogP contribution >= 0.6 is 0 Å². The number of nitrogens with one attached hydrogen (secondary N) is 3. The van der Waals surface area contributed by atoms with Gasteiger partial charge in [-0.1, -0.05) is 30.4 Å². The van der Waals surface area contributed by atoms with Gasteiger partial charge in [0, 0.05) is 11.6 Å². The average molecular weight is 359 g/mol. The van der Waals surface area contributed by atoms with Crippen LogP contribution < -0.4 is 10.6 Å².